The van der Waals surface area contributed by atoms with Crippen LogP contribution in [0, 0.1) is 5.92 Å². The number of nitrogens with zero attached hydrogens (tertiary/aromatic N) is 2. The lowest BCUT2D eigenvalue weighted by atomic mass is 10.1. The summed E-state index contributed by atoms with van der Waals surface area (Å²) in [6, 6.07) is 0.541. The number of carboxylic acid groups (broad SMARTS) is 1. The quantitative estimate of drug-likeness (QED) is 0.762. The van der Waals surface area contributed by atoms with Crippen molar-refractivity contribution in [2.24, 2.45) is 5.92 Å². The van der Waals surface area contributed by atoms with Crippen LogP contribution in [0.25, 0.3) is 0 Å². The molecule has 2 atom stereocenters. The van der Waals surface area contributed by atoms with E-state index in [4.69, 9.17) is 9.84 Å². The zero-order valence-electron chi connectivity index (χ0n) is 11.9. The van der Waals surface area contributed by atoms with E-state index in [2.05, 4.69) is 18.7 Å². The molecule has 106 valence electrons. The standard InChI is InChI=1S/C13H26N2O3/c1-10(2)15-5-6-18-12(9-15)8-14(4)7-11(3)13(16)17/h10-12H,5-9H2,1-4H3,(H,16,17). The maximum absolute atomic E-state index is 10.8. The number of aliphatic carboxylic acids is 1. The van der Waals surface area contributed by atoms with Crippen molar-refractivity contribution >= 4 is 5.97 Å². The summed E-state index contributed by atoms with van der Waals surface area (Å²) < 4.78 is 5.74. The smallest absolute Gasteiger partial charge is 0.307 e. The highest BCUT2D eigenvalue weighted by Crippen LogP contribution is 2.10. The molecule has 0 bridgehead atoms. The Morgan fingerprint density at radius 1 is 1.50 bits per heavy atom. The minimum Gasteiger partial charge on any atom is -0.481 e. The van der Waals surface area contributed by atoms with Crippen molar-refractivity contribution in [3.8, 4) is 0 Å². The first-order valence-electron chi connectivity index (χ1n) is 6.67. The van der Waals surface area contributed by atoms with Crippen molar-refractivity contribution in [1.29, 1.82) is 0 Å². The van der Waals surface area contributed by atoms with E-state index in [1.165, 1.54) is 0 Å². The molecule has 0 aromatic heterocycles. The summed E-state index contributed by atoms with van der Waals surface area (Å²) in [6.07, 6.45) is 0.187. The van der Waals surface area contributed by atoms with Crippen LogP contribution < -0.4 is 0 Å². The van der Waals surface area contributed by atoms with Crippen molar-refractivity contribution in [3.05, 3.63) is 0 Å². The Morgan fingerprint density at radius 3 is 2.72 bits per heavy atom. The molecule has 0 aliphatic carbocycles. The molecule has 0 spiro atoms. The van der Waals surface area contributed by atoms with Gasteiger partial charge < -0.3 is 14.7 Å². The predicted octanol–water partition coefficient (Wildman–Crippen LogP) is 0.748. The van der Waals surface area contributed by atoms with Crippen molar-refractivity contribution < 1.29 is 14.6 Å². The topological polar surface area (TPSA) is 53.0 Å². The molecule has 1 heterocycles. The zero-order valence-corrected chi connectivity index (χ0v) is 11.9. The van der Waals surface area contributed by atoms with Gasteiger partial charge in [-0.25, -0.2) is 0 Å². The lowest BCUT2D eigenvalue weighted by Crippen LogP contribution is -2.49. The number of ether oxygens (including phenoxy) is 1. The first-order chi connectivity index (χ1) is 8.40. The van der Waals surface area contributed by atoms with Crippen LogP contribution in [0.1, 0.15) is 20.8 Å². The zero-order chi connectivity index (χ0) is 13.7. The van der Waals surface area contributed by atoms with Crippen LogP contribution in [0.4, 0.5) is 0 Å². The third kappa shape index (κ3) is 4.92. The molecule has 5 nitrogen and oxygen atoms in total. The second-order valence-corrected chi connectivity index (χ2v) is 5.54. The van der Waals surface area contributed by atoms with E-state index in [1.807, 2.05) is 11.9 Å². The molecule has 0 aromatic carbocycles. The summed E-state index contributed by atoms with van der Waals surface area (Å²) in [5.41, 5.74) is 0. The molecule has 1 aliphatic rings. The maximum atomic E-state index is 10.8. The Balaban J connectivity index is 2.35. The predicted molar refractivity (Wildman–Crippen MR) is 70.7 cm³/mol. The van der Waals surface area contributed by atoms with Gasteiger partial charge in [-0.05, 0) is 20.9 Å². The van der Waals surface area contributed by atoms with Crippen LogP contribution in [-0.2, 0) is 9.53 Å². The lowest BCUT2D eigenvalue weighted by Gasteiger charge is -2.37. The van der Waals surface area contributed by atoms with E-state index in [0.717, 1.165) is 26.2 Å². The first kappa shape index (κ1) is 15.4. The van der Waals surface area contributed by atoms with E-state index in [0.29, 0.717) is 12.6 Å². The molecular formula is C13H26N2O3. The Labute approximate surface area is 110 Å². The SMILES string of the molecule is CC(CN(C)CC1CN(C(C)C)CCO1)C(=O)O. The largest absolute Gasteiger partial charge is 0.481 e. The Bertz CT molecular complexity index is 271. The summed E-state index contributed by atoms with van der Waals surface area (Å²) in [5.74, 6) is -1.07. The van der Waals surface area contributed by atoms with Crippen LogP contribution in [-0.4, -0.2) is 72.9 Å². The first-order valence-corrected chi connectivity index (χ1v) is 6.67. The molecule has 0 amide bonds. The molecule has 1 aliphatic heterocycles. The van der Waals surface area contributed by atoms with Crippen LogP contribution in [0.5, 0.6) is 0 Å². The normalized spacial score (nSPS) is 23.6. The highest BCUT2D eigenvalue weighted by atomic mass is 16.5. The summed E-state index contributed by atoms with van der Waals surface area (Å²) in [5, 5.41) is 8.89. The van der Waals surface area contributed by atoms with Gasteiger partial charge in [0, 0.05) is 32.2 Å². The fourth-order valence-electron chi connectivity index (χ4n) is 2.29. The van der Waals surface area contributed by atoms with Gasteiger partial charge in [0.05, 0.1) is 18.6 Å². The van der Waals surface area contributed by atoms with E-state index >= 15 is 0 Å². The van der Waals surface area contributed by atoms with E-state index in [9.17, 15) is 4.79 Å². The summed E-state index contributed by atoms with van der Waals surface area (Å²) in [6.45, 7) is 10.2. The van der Waals surface area contributed by atoms with Crippen LogP contribution in [0.2, 0.25) is 0 Å². The molecule has 0 aromatic rings. The average molecular weight is 258 g/mol. The van der Waals surface area contributed by atoms with Gasteiger partial charge in [-0.15, -0.1) is 0 Å². The minimum atomic E-state index is -0.741. The summed E-state index contributed by atoms with van der Waals surface area (Å²) >= 11 is 0. The van der Waals surface area contributed by atoms with Crippen LogP contribution >= 0.6 is 0 Å². The number of carbonyl (C=O) groups is 1. The second kappa shape index (κ2) is 7.07. The Kier molecular flexibility index (Phi) is 6.05. The molecule has 0 radical (unpaired) electrons. The van der Waals surface area contributed by atoms with E-state index in [1.54, 1.807) is 6.92 Å². The van der Waals surface area contributed by atoms with Gasteiger partial charge in [-0.1, -0.05) is 6.92 Å². The van der Waals surface area contributed by atoms with Gasteiger partial charge in [0.1, 0.15) is 0 Å². The maximum Gasteiger partial charge on any atom is 0.307 e. The number of hydrogen-bond acceptors (Lipinski definition) is 4. The van der Waals surface area contributed by atoms with Crippen LogP contribution in [0.3, 0.4) is 0 Å². The van der Waals surface area contributed by atoms with Crippen molar-refractivity contribution in [2.75, 3.05) is 39.8 Å². The lowest BCUT2D eigenvalue weighted by molar-refractivity contribution is -0.141. The fourth-order valence-corrected chi connectivity index (χ4v) is 2.29. The molecule has 0 saturated carbocycles. The van der Waals surface area contributed by atoms with Gasteiger partial charge in [0.25, 0.3) is 0 Å². The molecule has 1 fully saturated rings. The van der Waals surface area contributed by atoms with Crippen molar-refractivity contribution in [3.63, 3.8) is 0 Å². The van der Waals surface area contributed by atoms with Crippen molar-refractivity contribution in [1.82, 2.24) is 9.80 Å². The Hall–Kier alpha value is -0.650. The van der Waals surface area contributed by atoms with Crippen LogP contribution in [0.15, 0.2) is 0 Å². The van der Waals surface area contributed by atoms with E-state index < -0.39 is 5.97 Å². The third-order valence-corrected chi connectivity index (χ3v) is 3.42. The fraction of sp³-hybridized carbons (Fsp3) is 0.923. The van der Waals surface area contributed by atoms with Crippen molar-refractivity contribution in [2.45, 2.75) is 32.9 Å². The molecular weight excluding hydrogens is 232 g/mol. The minimum absolute atomic E-state index is 0.187. The highest BCUT2D eigenvalue weighted by molar-refractivity contribution is 5.69. The molecule has 18 heavy (non-hydrogen) atoms. The molecule has 2 unspecified atom stereocenters. The number of carboxylic acids is 1. The van der Waals surface area contributed by atoms with Gasteiger partial charge in [-0.2, -0.15) is 0 Å². The molecule has 1 N–H and O–H groups in total. The summed E-state index contributed by atoms with van der Waals surface area (Å²) in [4.78, 5) is 15.3. The van der Waals surface area contributed by atoms with Gasteiger partial charge in [-0.3, -0.25) is 9.69 Å². The van der Waals surface area contributed by atoms with Gasteiger partial charge >= 0.3 is 5.97 Å². The summed E-state index contributed by atoms with van der Waals surface area (Å²) in [7, 11) is 1.96. The number of rotatable bonds is 6. The van der Waals surface area contributed by atoms with Gasteiger partial charge in [0.2, 0.25) is 0 Å². The van der Waals surface area contributed by atoms with Gasteiger partial charge in [0.15, 0.2) is 0 Å². The number of likely N-dealkylation sites (N-methyl/N-ethyl adjacent to an activating group) is 1. The number of morpholine rings is 1. The molecule has 1 rings (SSSR count). The average Bonchev–Trinajstić information content (AvgIpc) is 2.28. The highest BCUT2D eigenvalue weighted by Gasteiger charge is 2.24. The second-order valence-electron chi connectivity index (χ2n) is 5.54. The monoisotopic (exact) mass is 258 g/mol. The molecule has 1 saturated heterocycles. The third-order valence-electron chi connectivity index (χ3n) is 3.42. The number of hydrogen-bond donors (Lipinski definition) is 1. The Morgan fingerprint density at radius 2 is 2.17 bits per heavy atom. The van der Waals surface area contributed by atoms with E-state index in [-0.39, 0.29) is 12.0 Å². The molecule has 5 heteroatoms.